The van der Waals surface area contributed by atoms with Crippen LogP contribution in [-0.2, 0) is 6.61 Å². The molecule has 4 nitrogen and oxygen atoms in total. The Bertz CT molecular complexity index is 828. The fraction of sp³-hybridized carbons (Fsp3) is 0.0625. The molecule has 5 heteroatoms. The fourth-order valence-electron chi connectivity index (χ4n) is 1.95. The van der Waals surface area contributed by atoms with E-state index in [2.05, 4.69) is 9.97 Å². The number of hydrogen-bond acceptors (Lipinski definition) is 4. The fourth-order valence-corrected chi connectivity index (χ4v) is 2.14. The molecule has 3 rings (SSSR count). The Morgan fingerprint density at radius 2 is 1.90 bits per heavy atom. The van der Waals surface area contributed by atoms with E-state index in [0.717, 1.165) is 5.56 Å². The van der Waals surface area contributed by atoms with E-state index in [4.69, 9.17) is 21.6 Å². The van der Waals surface area contributed by atoms with Crippen molar-refractivity contribution in [3.8, 4) is 11.8 Å². The topological polar surface area (TPSA) is 58.8 Å². The third-order valence-electron chi connectivity index (χ3n) is 2.94. The lowest BCUT2D eigenvalue weighted by Crippen LogP contribution is -1.98. The standard InChI is InChI=1S/C16H10ClN3O/c17-15-8-14(21-10-11-4-2-1-3-5-11)16-13(20-15)7-6-12(9-18)19-16/h1-8H,10H2. The molecule has 0 spiro atoms. The van der Waals surface area contributed by atoms with Gasteiger partial charge in [0.05, 0.1) is 5.52 Å². The lowest BCUT2D eigenvalue weighted by atomic mass is 10.2. The molecular weight excluding hydrogens is 286 g/mol. The van der Waals surface area contributed by atoms with Gasteiger partial charge in [0.2, 0.25) is 0 Å². The number of nitrogens with zero attached hydrogens (tertiary/aromatic N) is 3. The smallest absolute Gasteiger partial charge is 0.150 e. The highest BCUT2D eigenvalue weighted by molar-refractivity contribution is 6.30. The number of halogens is 1. The van der Waals surface area contributed by atoms with Crippen molar-refractivity contribution in [1.82, 2.24) is 9.97 Å². The molecule has 0 fully saturated rings. The first kappa shape index (κ1) is 13.3. The molecule has 0 atom stereocenters. The zero-order chi connectivity index (χ0) is 14.7. The molecule has 2 aromatic heterocycles. The zero-order valence-corrected chi connectivity index (χ0v) is 11.7. The number of aromatic nitrogens is 2. The molecule has 21 heavy (non-hydrogen) atoms. The normalized spacial score (nSPS) is 10.3. The van der Waals surface area contributed by atoms with Crippen LogP contribution in [-0.4, -0.2) is 9.97 Å². The maximum Gasteiger partial charge on any atom is 0.150 e. The summed E-state index contributed by atoms with van der Waals surface area (Å²) in [6, 6.07) is 16.7. The van der Waals surface area contributed by atoms with Gasteiger partial charge in [0.1, 0.15) is 29.0 Å². The van der Waals surface area contributed by atoms with Crippen molar-refractivity contribution in [3.63, 3.8) is 0 Å². The Morgan fingerprint density at radius 3 is 2.67 bits per heavy atom. The Labute approximate surface area is 126 Å². The van der Waals surface area contributed by atoms with E-state index < -0.39 is 0 Å². The summed E-state index contributed by atoms with van der Waals surface area (Å²) in [4.78, 5) is 8.42. The van der Waals surface area contributed by atoms with E-state index >= 15 is 0 Å². The van der Waals surface area contributed by atoms with Crippen LogP contribution in [0.4, 0.5) is 0 Å². The van der Waals surface area contributed by atoms with Crippen LogP contribution in [0.2, 0.25) is 5.15 Å². The van der Waals surface area contributed by atoms with E-state index in [1.807, 2.05) is 36.4 Å². The van der Waals surface area contributed by atoms with Crippen molar-refractivity contribution < 1.29 is 4.74 Å². The number of benzene rings is 1. The SMILES string of the molecule is N#Cc1ccc2nc(Cl)cc(OCc3ccccc3)c2n1. The summed E-state index contributed by atoms with van der Waals surface area (Å²) < 4.78 is 5.79. The van der Waals surface area contributed by atoms with Gasteiger partial charge in [0, 0.05) is 6.07 Å². The van der Waals surface area contributed by atoms with Crippen LogP contribution < -0.4 is 4.74 Å². The Balaban J connectivity index is 1.98. The van der Waals surface area contributed by atoms with Crippen LogP contribution in [0.25, 0.3) is 11.0 Å². The summed E-state index contributed by atoms with van der Waals surface area (Å²) in [5, 5.41) is 9.28. The van der Waals surface area contributed by atoms with Gasteiger partial charge in [-0.25, -0.2) is 9.97 Å². The largest absolute Gasteiger partial charge is 0.486 e. The molecule has 0 bridgehead atoms. The van der Waals surface area contributed by atoms with Gasteiger partial charge in [-0.2, -0.15) is 5.26 Å². The molecule has 0 saturated carbocycles. The van der Waals surface area contributed by atoms with Crippen molar-refractivity contribution >= 4 is 22.6 Å². The van der Waals surface area contributed by atoms with Gasteiger partial charge >= 0.3 is 0 Å². The minimum atomic E-state index is 0.316. The van der Waals surface area contributed by atoms with Gasteiger partial charge in [0.15, 0.2) is 5.75 Å². The molecule has 1 aromatic carbocycles. The maximum absolute atomic E-state index is 8.95. The average Bonchev–Trinajstić information content (AvgIpc) is 2.53. The van der Waals surface area contributed by atoms with Gasteiger partial charge < -0.3 is 4.74 Å². The van der Waals surface area contributed by atoms with Gasteiger partial charge in [-0.3, -0.25) is 0 Å². The second kappa shape index (κ2) is 5.78. The predicted octanol–water partition coefficient (Wildman–Crippen LogP) is 3.73. The van der Waals surface area contributed by atoms with Gasteiger partial charge in [-0.15, -0.1) is 0 Å². The van der Waals surface area contributed by atoms with Crippen LogP contribution in [0.3, 0.4) is 0 Å². The number of nitriles is 1. The average molecular weight is 296 g/mol. The lowest BCUT2D eigenvalue weighted by molar-refractivity contribution is 0.309. The Morgan fingerprint density at radius 1 is 1.10 bits per heavy atom. The summed E-state index contributed by atoms with van der Waals surface area (Å²) in [7, 11) is 0. The molecule has 102 valence electrons. The quantitative estimate of drug-likeness (QED) is 0.691. The molecule has 2 heterocycles. The molecule has 0 amide bonds. The molecule has 0 unspecified atom stereocenters. The highest BCUT2D eigenvalue weighted by Crippen LogP contribution is 2.26. The Kier molecular flexibility index (Phi) is 3.67. The van der Waals surface area contributed by atoms with Gasteiger partial charge in [0.25, 0.3) is 0 Å². The second-order valence-electron chi connectivity index (χ2n) is 4.39. The van der Waals surface area contributed by atoms with Crippen LogP contribution in [0.5, 0.6) is 5.75 Å². The highest BCUT2D eigenvalue weighted by atomic mass is 35.5. The predicted molar refractivity (Wildman–Crippen MR) is 80.0 cm³/mol. The van der Waals surface area contributed by atoms with E-state index in [1.54, 1.807) is 18.2 Å². The first-order valence-electron chi connectivity index (χ1n) is 6.30. The summed E-state index contributed by atoms with van der Waals surface area (Å²) >= 11 is 6.00. The van der Waals surface area contributed by atoms with Crippen molar-refractivity contribution in [2.75, 3.05) is 0 Å². The van der Waals surface area contributed by atoms with E-state index in [-0.39, 0.29) is 0 Å². The number of hydrogen-bond donors (Lipinski definition) is 0. The minimum absolute atomic E-state index is 0.316. The van der Waals surface area contributed by atoms with Crippen molar-refractivity contribution in [2.45, 2.75) is 6.61 Å². The van der Waals surface area contributed by atoms with Gasteiger partial charge in [-0.05, 0) is 17.7 Å². The monoisotopic (exact) mass is 295 g/mol. The summed E-state index contributed by atoms with van der Waals surface area (Å²) in [5.74, 6) is 0.519. The minimum Gasteiger partial charge on any atom is -0.486 e. The van der Waals surface area contributed by atoms with E-state index in [0.29, 0.717) is 34.2 Å². The number of pyridine rings is 2. The zero-order valence-electron chi connectivity index (χ0n) is 11.0. The third-order valence-corrected chi connectivity index (χ3v) is 3.13. The van der Waals surface area contributed by atoms with Crippen molar-refractivity contribution in [3.05, 3.63) is 64.9 Å². The molecule has 0 aliphatic rings. The summed E-state index contributed by atoms with van der Waals surface area (Å²) in [6.45, 7) is 0.398. The number of fused-ring (bicyclic) bond motifs is 1. The number of ether oxygens (including phenoxy) is 1. The van der Waals surface area contributed by atoms with Crippen LogP contribution in [0.1, 0.15) is 11.3 Å². The van der Waals surface area contributed by atoms with Crippen molar-refractivity contribution in [1.29, 1.82) is 5.26 Å². The third kappa shape index (κ3) is 2.93. The van der Waals surface area contributed by atoms with E-state index in [9.17, 15) is 0 Å². The maximum atomic E-state index is 8.95. The van der Waals surface area contributed by atoms with Crippen LogP contribution in [0.15, 0.2) is 48.5 Å². The number of rotatable bonds is 3. The molecule has 0 N–H and O–H groups in total. The molecule has 0 radical (unpaired) electrons. The van der Waals surface area contributed by atoms with E-state index in [1.165, 1.54) is 0 Å². The van der Waals surface area contributed by atoms with Gasteiger partial charge in [-0.1, -0.05) is 41.9 Å². The molecule has 0 aliphatic heterocycles. The molecule has 0 saturated heterocycles. The molecule has 3 aromatic rings. The van der Waals surface area contributed by atoms with Crippen LogP contribution >= 0.6 is 11.6 Å². The molecular formula is C16H10ClN3O. The lowest BCUT2D eigenvalue weighted by Gasteiger charge is -2.09. The molecule has 0 aliphatic carbocycles. The van der Waals surface area contributed by atoms with Crippen LogP contribution in [0, 0.1) is 11.3 Å². The Hall–Kier alpha value is -2.64. The summed E-state index contributed by atoms with van der Waals surface area (Å²) in [6.07, 6.45) is 0. The first-order valence-corrected chi connectivity index (χ1v) is 6.68. The van der Waals surface area contributed by atoms with Crippen molar-refractivity contribution in [2.24, 2.45) is 0 Å². The first-order chi connectivity index (χ1) is 10.3. The summed E-state index contributed by atoms with van der Waals surface area (Å²) in [5.41, 5.74) is 2.49. The highest BCUT2D eigenvalue weighted by Gasteiger charge is 2.09. The second-order valence-corrected chi connectivity index (χ2v) is 4.78.